The molecule has 0 spiro atoms. The Labute approximate surface area is 198 Å². The van der Waals surface area contributed by atoms with E-state index in [4.69, 9.17) is 9.84 Å². The van der Waals surface area contributed by atoms with Gasteiger partial charge < -0.3 is 14.9 Å². The molecule has 0 aliphatic heterocycles. The molecule has 3 N–H and O–H groups in total. The third-order valence-electron chi connectivity index (χ3n) is 4.81. The molecule has 2 aromatic carbocycles. The van der Waals surface area contributed by atoms with Gasteiger partial charge in [-0.2, -0.15) is 8.42 Å². The van der Waals surface area contributed by atoms with Crippen LogP contribution in [0.1, 0.15) is 24.0 Å². The van der Waals surface area contributed by atoms with E-state index >= 15 is 0 Å². The average Bonchev–Trinajstić information content (AvgIpc) is 2.82. The van der Waals surface area contributed by atoms with Gasteiger partial charge in [0.1, 0.15) is 5.75 Å². The Morgan fingerprint density at radius 1 is 1.09 bits per heavy atom. The van der Waals surface area contributed by atoms with E-state index in [2.05, 4.69) is 9.71 Å². The van der Waals surface area contributed by atoms with Gasteiger partial charge in [0, 0.05) is 24.7 Å². The van der Waals surface area contributed by atoms with E-state index in [0.717, 1.165) is 5.56 Å². The lowest BCUT2D eigenvalue weighted by Crippen LogP contribution is -2.14. The molecule has 0 radical (unpaired) electrons. The average molecular weight is 483 g/mol. The van der Waals surface area contributed by atoms with Crippen LogP contribution in [0.4, 0.5) is 5.69 Å². The van der Waals surface area contributed by atoms with Crippen molar-refractivity contribution in [3.8, 4) is 5.75 Å². The number of carboxylic acid groups (broad SMARTS) is 1. The van der Waals surface area contributed by atoms with Crippen molar-refractivity contribution in [1.82, 2.24) is 4.98 Å². The molecule has 1 heterocycles. The Bertz CT molecular complexity index is 1230. The van der Waals surface area contributed by atoms with Gasteiger partial charge in [0.2, 0.25) is 0 Å². The number of anilines is 1. The van der Waals surface area contributed by atoms with Gasteiger partial charge in [-0.1, -0.05) is 48.6 Å². The van der Waals surface area contributed by atoms with Gasteiger partial charge in [0.25, 0.3) is 10.0 Å². The summed E-state index contributed by atoms with van der Waals surface area (Å²) in [7, 11) is -3.80. The van der Waals surface area contributed by atoms with Crippen LogP contribution in [0.5, 0.6) is 5.75 Å². The number of hydrogen-bond acceptors (Lipinski definition) is 6. The van der Waals surface area contributed by atoms with Gasteiger partial charge in [-0.15, -0.1) is 0 Å². The van der Waals surface area contributed by atoms with Gasteiger partial charge in [0.05, 0.1) is 12.7 Å². The van der Waals surface area contributed by atoms with Gasteiger partial charge in [-0.05, 0) is 47.9 Å². The smallest absolute Gasteiger partial charge is 0.303 e. The third kappa shape index (κ3) is 7.72. The van der Waals surface area contributed by atoms with Crippen molar-refractivity contribution >= 4 is 27.8 Å². The molecule has 1 atom stereocenters. The minimum Gasteiger partial charge on any atom is -0.493 e. The number of nitrogens with zero attached hydrogens (tertiary/aromatic N) is 1. The minimum atomic E-state index is -3.80. The quantitative estimate of drug-likeness (QED) is 0.359. The van der Waals surface area contributed by atoms with Crippen LogP contribution in [-0.2, 0) is 21.2 Å². The second-order valence-corrected chi connectivity index (χ2v) is 9.09. The summed E-state index contributed by atoms with van der Waals surface area (Å²) in [5, 5.41) is 19.1. The molecule has 1 aromatic heterocycles. The summed E-state index contributed by atoms with van der Waals surface area (Å²) in [5.74, 6) is -0.267. The highest BCUT2D eigenvalue weighted by molar-refractivity contribution is 7.92. The Balaban J connectivity index is 1.54. The fraction of sp³-hybridized carbons (Fsp3) is 0.200. The number of nitrogens with one attached hydrogen (secondary N) is 1. The van der Waals surface area contributed by atoms with Crippen molar-refractivity contribution in [2.75, 3.05) is 11.3 Å². The topological polar surface area (TPSA) is 126 Å². The van der Waals surface area contributed by atoms with Crippen molar-refractivity contribution in [1.29, 1.82) is 0 Å². The van der Waals surface area contributed by atoms with Crippen LogP contribution in [0.15, 0.2) is 84.0 Å². The zero-order valence-electron chi connectivity index (χ0n) is 18.4. The molecular weight excluding hydrogens is 456 g/mol. The lowest BCUT2D eigenvalue weighted by Gasteiger charge is -2.12. The van der Waals surface area contributed by atoms with Crippen molar-refractivity contribution in [3.05, 3.63) is 90.1 Å². The number of aliphatic hydroxyl groups excluding tert-OH is 1. The summed E-state index contributed by atoms with van der Waals surface area (Å²) in [6.45, 7) is 0.250. The van der Waals surface area contributed by atoms with Crippen molar-refractivity contribution in [3.63, 3.8) is 0 Å². The molecule has 0 saturated carbocycles. The Kier molecular flexibility index (Phi) is 8.78. The van der Waals surface area contributed by atoms with Crippen molar-refractivity contribution < 1.29 is 28.2 Å². The van der Waals surface area contributed by atoms with E-state index in [1.807, 2.05) is 18.2 Å². The molecule has 3 aromatic rings. The van der Waals surface area contributed by atoms with Gasteiger partial charge >= 0.3 is 5.97 Å². The standard InChI is InChI=1S/C25H26N2O6S/c28-22(15-17-33-23-9-2-1-7-20(23)12-14-25(29)30)13-11-19-6-5-8-21(18-19)27-34(31,32)24-10-3-4-16-26-24/h1-11,13,16,18,22,27-28H,12,14-15,17H2,(H,29,30)/b13-11+/t22-/m0/s1. The SMILES string of the molecule is O=C(O)CCc1ccccc1OCC[C@@H](O)/C=C/c1cccc(NS(=O)(=O)c2ccccn2)c1. The molecular formula is C25H26N2O6S. The fourth-order valence-corrected chi connectivity index (χ4v) is 4.12. The van der Waals surface area contributed by atoms with Crippen LogP contribution in [0, 0.1) is 0 Å². The third-order valence-corrected chi connectivity index (χ3v) is 6.11. The number of aliphatic carboxylic acids is 1. The zero-order chi connectivity index (χ0) is 24.4. The second kappa shape index (κ2) is 12.0. The first kappa shape index (κ1) is 24.9. The molecule has 3 rings (SSSR count). The van der Waals surface area contributed by atoms with Crippen LogP contribution >= 0.6 is 0 Å². The normalized spacial score (nSPS) is 12.4. The molecule has 34 heavy (non-hydrogen) atoms. The van der Waals surface area contributed by atoms with E-state index in [1.54, 1.807) is 54.6 Å². The zero-order valence-corrected chi connectivity index (χ0v) is 19.2. The number of pyridine rings is 1. The number of carboxylic acids is 1. The number of hydrogen-bond donors (Lipinski definition) is 3. The first-order valence-electron chi connectivity index (χ1n) is 10.7. The summed E-state index contributed by atoms with van der Waals surface area (Å²) in [6, 6.07) is 18.7. The van der Waals surface area contributed by atoms with E-state index in [0.29, 0.717) is 29.8 Å². The summed E-state index contributed by atoms with van der Waals surface area (Å²) in [5.41, 5.74) is 1.89. The molecule has 0 unspecified atom stereocenters. The summed E-state index contributed by atoms with van der Waals surface area (Å²) in [4.78, 5) is 14.7. The van der Waals surface area contributed by atoms with E-state index in [1.165, 1.54) is 12.3 Å². The van der Waals surface area contributed by atoms with E-state index in [9.17, 15) is 18.3 Å². The van der Waals surface area contributed by atoms with Crippen molar-refractivity contribution in [2.24, 2.45) is 0 Å². The number of rotatable bonds is 12. The maximum Gasteiger partial charge on any atom is 0.303 e. The van der Waals surface area contributed by atoms with E-state index < -0.39 is 22.1 Å². The molecule has 8 nitrogen and oxygen atoms in total. The summed E-state index contributed by atoms with van der Waals surface area (Å²) in [6.07, 6.45) is 4.65. The molecule has 0 amide bonds. The molecule has 0 fully saturated rings. The molecule has 178 valence electrons. The number of aliphatic hydroxyl groups is 1. The predicted molar refractivity (Wildman–Crippen MR) is 129 cm³/mol. The van der Waals surface area contributed by atoms with Crippen LogP contribution in [0.2, 0.25) is 0 Å². The number of para-hydroxylation sites is 1. The fourth-order valence-electron chi connectivity index (χ4n) is 3.12. The van der Waals surface area contributed by atoms with Crippen molar-refractivity contribution in [2.45, 2.75) is 30.4 Å². The van der Waals surface area contributed by atoms with Gasteiger partial charge in [-0.3, -0.25) is 9.52 Å². The minimum absolute atomic E-state index is 0.0167. The number of benzene rings is 2. The predicted octanol–water partition coefficient (Wildman–Crippen LogP) is 3.74. The lowest BCUT2D eigenvalue weighted by molar-refractivity contribution is -0.136. The first-order valence-corrected chi connectivity index (χ1v) is 12.1. The van der Waals surface area contributed by atoms with E-state index in [-0.39, 0.29) is 18.1 Å². The number of ether oxygens (including phenoxy) is 1. The van der Waals surface area contributed by atoms with Crippen LogP contribution < -0.4 is 9.46 Å². The van der Waals surface area contributed by atoms with Crippen LogP contribution in [0.3, 0.4) is 0 Å². The number of sulfonamides is 1. The molecule has 9 heteroatoms. The first-order chi connectivity index (χ1) is 16.3. The number of aryl methyl sites for hydroxylation is 1. The second-order valence-electron chi connectivity index (χ2n) is 7.46. The molecule has 0 aliphatic carbocycles. The molecule has 0 aliphatic rings. The van der Waals surface area contributed by atoms with Gasteiger partial charge in [-0.25, -0.2) is 4.98 Å². The van der Waals surface area contributed by atoms with Crippen LogP contribution in [-0.4, -0.2) is 42.3 Å². The monoisotopic (exact) mass is 482 g/mol. The highest BCUT2D eigenvalue weighted by Crippen LogP contribution is 2.20. The largest absolute Gasteiger partial charge is 0.493 e. The highest BCUT2D eigenvalue weighted by atomic mass is 32.2. The maximum atomic E-state index is 12.4. The highest BCUT2D eigenvalue weighted by Gasteiger charge is 2.15. The molecule has 0 bridgehead atoms. The number of aromatic nitrogens is 1. The van der Waals surface area contributed by atoms with Gasteiger partial charge in [0.15, 0.2) is 5.03 Å². The number of carbonyl (C=O) groups is 1. The maximum absolute atomic E-state index is 12.4. The summed E-state index contributed by atoms with van der Waals surface area (Å²) < 4.78 is 33.1. The lowest BCUT2D eigenvalue weighted by atomic mass is 10.1. The Morgan fingerprint density at radius 3 is 2.65 bits per heavy atom. The van der Waals surface area contributed by atoms with Crippen LogP contribution in [0.25, 0.3) is 6.08 Å². The molecule has 0 saturated heterocycles. The Hall–Kier alpha value is -3.69. The summed E-state index contributed by atoms with van der Waals surface area (Å²) >= 11 is 0. The Morgan fingerprint density at radius 2 is 1.88 bits per heavy atom.